The largest absolute Gasteiger partial charge is 0.497 e. The van der Waals surface area contributed by atoms with Gasteiger partial charge in [0.2, 0.25) is 5.91 Å². The van der Waals surface area contributed by atoms with E-state index in [-0.39, 0.29) is 11.7 Å². The molecule has 0 unspecified atom stereocenters. The molecule has 0 aliphatic rings. The molecule has 2 amide bonds. The smallest absolute Gasteiger partial charge is 0.276 e. The zero-order chi connectivity index (χ0) is 20.4. The van der Waals surface area contributed by atoms with Crippen LogP contribution < -0.4 is 25.6 Å². The van der Waals surface area contributed by atoms with Crippen LogP contribution in [0.1, 0.15) is 5.56 Å². The van der Waals surface area contributed by atoms with E-state index in [9.17, 15) is 9.59 Å². The maximum Gasteiger partial charge on any atom is 0.276 e. The first kappa shape index (κ1) is 21.2. The molecule has 7 nitrogen and oxygen atoms in total. The summed E-state index contributed by atoms with van der Waals surface area (Å²) in [5, 5.41) is 2.85. The number of amides is 2. The molecule has 0 aliphatic heterocycles. The van der Waals surface area contributed by atoms with Crippen molar-refractivity contribution in [3.63, 3.8) is 0 Å². The Bertz CT molecular complexity index is 872. The number of methoxy groups -OCH3 is 1. The number of hydrazine groups is 1. The molecule has 0 bridgehead atoms. The maximum absolute atomic E-state index is 11.8. The van der Waals surface area contributed by atoms with Gasteiger partial charge in [-0.15, -0.1) is 0 Å². The number of hydrogen-bond acceptors (Lipinski definition) is 5. The number of thiocarbonyl (C=S) groups is 1. The van der Waals surface area contributed by atoms with Crippen LogP contribution in [-0.2, 0) is 9.59 Å². The van der Waals surface area contributed by atoms with Crippen molar-refractivity contribution in [1.82, 2.24) is 16.2 Å². The van der Waals surface area contributed by atoms with Crippen LogP contribution in [0.4, 0.5) is 0 Å². The van der Waals surface area contributed by atoms with E-state index in [1.54, 1.807) is 61.7 Å². The molecule has 2 aromatic carbocycles. The van der Waals surface area contributed by atoms with Crippen LogP contribution in [0.25, 0.3) is 6.08 Å². The lowest BCUT2D eigenvalue weighted by atomic mass is 10.2. The number of hydrogen-bond donors (Lipinski definition) is 3. The van der Waals surface area contributed by atoms with Gasteiger partial charge >= 0.3 is 0 Å². The van der Waals surface area contributed by atoms with Gasteiger partial charge in [0.25, 0.3) is 5.91 Å². The molecule has 0 radical (unpaired) electrons. The van der Waals surface area contributed by atoms with Crippen LogP contribution in [0.2, 0.25) is 5.02 Å². The first-order valence-electron chi connectivity index (χ1n) is 8.07. The standard InChI is InChI=1S/C19H18ClN3O4S/c1-26-14-7-9-15(10-8-14)27-12-18(25)22-23-19(28)21-17(24)11-6-13-4-2-3-5-16(13)20/h2-11H,12H2,1H3,(H,22,25)(H2,21,23,24,28)/b11-6+. The summed E-state index contributed by atoms with van der Waals surface area (Å²) in [6.45, 7) is -0.234. The van der Waals surface area contributed by atoms with Crippen molar-refractivity contribution in [3.05, 3.63) is 65.2 Å². The highest BCUT2D eigenvalue weighted by molar-refractivity contribution is 7.80. The summed E-state index contributed by atoms with van der Waals surface area (Å²) < 4.78 is 10.4. The summed E-state index contributed by atoms with van der Waals surface area (Å²) >= 11 is 10.9. The monoisotopic (exact) mass is 419 g/mol. The Morgan fingerprint density at radius 3 is 2.43 bits per heavy atom. The van der Waals surface area contributed by atoms with Crippen LogP contribution >= 0.6 is 23.8 Å². The van der Waals surface area contributed by atoms with E-state index in [4.69, 9.17) is 33.3 Å². The molecule has 0 spiro atoms. The fraction of sp³-hybridized carbons (Fsp3) is 0.105. The van der Waals surface area contributed by atoms with E-state index in [1.165, 1.54) is 6.08 Å². The molecule has 2 rings (SSSR count). The zero-order valence-electron chi connectivity index (χ0n) is 14.9. The number of ether oxygens (including phenoxy) is 2. The average molecular weight is 420 g/mol. The van der Waals surface area contributed by atoms with E-state index in [0.717, 1.165) is 0 Å². The van der Waals surface area contributed by atoms with E-state index in [1.807, 2.05) is 0 Å². The van der Waals surface area contributed by atoms with Gasteiger partial charge in [-0.2, -0.15) is 0 Å². The van der Waals surface area contributed by atoms with Gasteiger partial charge < -0.3 is 9.47 Å². The third-order valence-corrected chi connectivity index (χ3v) is 3.85. The second kappa shape index (κ2) is 10.9. The Labute approximate surface area is 172 Å². The van der Waals surface area contributed by atoms with Gasteiger partial charge in [-0.05, 0) is 54.2 Å². The summed E-state index contributed by atoms with van der Waals surface area (Å²) in [5.74, 6) is 0.250. The van der Waals surface area contributed by atoms with Gasteiger partial charge in [0.05, 0.1) is 7.11 Å². The minimum atomic E-state index is -0.473. The number of rotatable bonds is 6. The molecule has 2 aromatic rings. The lowest BCUT2D eigenvalue weighted by Gasteiger charge is -2.10. The third-order valence-electron chi connectivity index (χ3n) is 3.30. The van der Waals surface area contributed by atoms with Gasteiger partial charge in [-0.3, -0.25) is 25.8 Å². The Morgan fingerprint density at radius 2 is 1.75 bits per heavy atom. The maximum atomic E-state index is 11.8. The first-order chi connectivity index (χ1) is 13.5. The van der Waals surface area contributed by atoms with Gasteiger partial charge in [0, 0.05) is 11.1 Å². The highest BCUT2D eigenvalue weighted by Crippen LogP contribution is 2.17. The number of carbonyl (C=O) groups is 2. The quantitative estimate of drug-likeness (QED) is 0.378. The molecular formula is C19H18ClN3O4S. The predicted octanol–water partition coefficient (Wildman–Crippen LogP) is 2.46. The molecule has 0 heterocycles. The molecule has 3 N–H and O–H groups in total. The zero-order valence-corrected chi connectivity index (χ0v) is 16.5. The van der Waals surface area contributed by atoms with Crippen molar-refractivity contribution < 1.29 is 19.1 Å². The average Bonchev–Trinajstić information content (AvgIpc) is 2.70. The summed E-state index contributed by atoms with van der Waals surface area (Å²) in [6.07, 6.45) is 2.84. The Hall–Kier alpha value is -3.10. The Kier molecular flexibility index (Phi) is 8.26. The molecule has 0 aromatic heterocycles. The van der Waals surface area contributed by atoms with Gasteiger partial charge in [-0.25, -0.2) is 0 Å². The normalized spacial score (nSPS) is 10.2. The summed E-state index contributed by atoms with van der Waals surface area (Å²) in [5.41, 5.74) is 5.44. The molecule has 0 atom stereocenters. The fourth-order valence-corrected chi connectivity index (χ4v) is 2.29. The molecule has 0 fully saturated rings. The SMILES string of the molecule is COc1ccc(OCC(=O)NNC(=S)NC(=O)/C=C/c2ccccc2Cl)cc1. The van der Waals surface area contributed by atoms with Crippen LogP contribution in [0.15, 0.2) is 54.6 Å². The van der Waals surface area contributed by atoms with Crippen LogP contribution in [0.3, 0.4) is 0 Å². The van der Waals surface area contributed by atoms with Crippen molar-refractivity contribution in [1.29, 1.82) is 0 Å². The molecule has 0 saturated carbocycles. The van der Waals surface area contributed by atoms with Gasteiger partial charge in [-0.1, -0.05) is 29.8 Å². The highest BCUT2D eigenvalue weighted by atomic mass is 35.5. The third kappa shape index (κ3) is 7.26. The molecule has 0 aliphatic carbocycles. The van der Waals surface area contributed by atoms with Gasteiger partial charge in [0.1, 0.15) is 11.5 Å². The lowest BCUT2D eigenvalue weighted by molar-refractivity contribution is -0.123. The van der Waals surface area contributed by atoms with Crippen LogP contribution in [0.5, 0.6) is 11.5 Å². The van der Waals surface area contributed by atoms with E-state index in [0.29, 0.717) is 22.1 Å². The van der Waals surface area contributed by atoms with Crippen molar-refractivity contribution in [2.75, 3.05) is 13.7 Å². The number of carbonyl (C=O) groups excluding carboxylic acids is 2. The van der Waals surface area contributed by atoms with Crippen molar-refractivity contribution in [2.24, 2.45) is 0 Å². The molecular weight excluding hydrogens is 402 g/mol. The molecule has 0 saturated heterocycles. The molecule has 146 valence electrons. The minimum Gasteiger partial charge on any atom is -0.497 e. The van der Waals surface area contributed by atoms with E-state index in [2.05, 4.69) is 16.2 Å². The van der Waals surface area contributed by atoms with Gasteiger partial charge in [0.15, 0.2) is 11.7 Å². The number of benzene rings is 2. The van der Waals surface area contributed by atoms with Crippen LogP contribution in [0, 0.1) is 0 Å². The van der Waals surface area contributed by atoms with Crippen molar-refractivity contribution >= 4 is 46.8 Å². The first-order valence-corrected chi connectivity index (χ1v) is 8.86. The van der Waals surface area contributed by atoms with Crippen LogP contribution in [-0.4, -0.2) is 30.6 Å². The highest BCUT2D eigenvalue weighted by Gasteiger charge is 2.05. The number of nitrogens with one attached hydrogen (secondary N) is 3. The van der Waals surface area contributed by atoms with Crippen molar-refractivity contribution in [2.45, 2.75) is 0 Å². The summed E-state index contributed by atoms with van der Waals surface area (Å²) in [6, 6.07) is 13.9. The fourth-order valence-electron chi connectivity index (χ4n) is 1.94. The molecule has 28 heavy (non-hydrogen) atoms. The minimum absolute atomic E-state index is 0.0633. The molecule has 9 heteroatoms. The predicted molar refractivity (Wildman–Crippen MR) is 111 cm³/mol. The lowest BCUT2D eigenvalue weighted by Crippen LogP contribution is -2.49. The summed E-state index contributed by atoms with van der Waals surface area (Å²) in [7, 11) is 1.56. The second-order valence-corrected chi connectivity index (χ2v) is 6.13. The van der Waals surface area contributed by atoms with E-state index >= 15 is 0 Å². The second-order valence-electron chi connectivity index (χ2n) is 5.31. The Balaban J connectivity index is 1.70. The van der Waals surface area contributed by atoms with E-state index < -0.39 is 11.8 Å². The van der Waals surface area contributed by atoms with Crippen molar-refractivity contribution in [3.8, 4) is 11.5 Å². The topological polar surface area (TPSA) is 88.7 Å². The Morgan fingerprint density at radius 1 is 1.07 bits per heavy atom. The summed E-state index contributed by atoms with van der Waals surface area (Å²) in [4.78, 5) is 23.6. The number of halogens is 1.